The van der Waals surface area contributed by atoms with Crippen molar-refractivity contribution in [3.05, 3.63) is 61.9 Å². The Morgan fingerprint density at radius 1 is 1.47 bits per heavy atom. The number of aliphatic hydroxyl groups is 3. The summed E-state index contributed by atoms with van der Waals surface area (Å²) in [7, 11) is -4.88. The third-order valence-electron chi connectivity index (χ3n) is 4.78. The van der Waals surface area contributed by atoms with Gasteiger partial charge in [0.25, 0.3) is 11.4 Å². The lowest BCUT2D eigenvalue weighted by molar-refractivity contribution is -0.205. The molecular weight excluding hydrogens is 454 g/mol. The molecule has 14 heteroatoms. The fourth-order valence-corrected chi connectivity index (χ4v) is 4.24. The Bertz CT molecular complexity index is 1340. The molecule has 12 nitrogen and oxygen atoms in total. The van der Waals surface area contributed by atoms with E-state index in [1.807, 2.05) is 0 Å². The Balaban J connectivity index is 1.69. The van der Waals surface area contributed by atoms with Crippen LogP contribution in [-0.2, 0) is 31.6 Å². The van der Waals surface area contributed by atoms with E-state index in [4.69, 9.17) is 22.4 Å². The zero-order valence-corrected chi connectivity index (χ0v) is 17.2. The van der Waals surface area contributed by atoms with E-state index in [-0.39, 0.29) is 16.9 Å². The van der Waals surface area contributed by atoms with Crippen LogP contribution < -0.4 is 15.8 Å². The number of aliphatic hydroxyl groups excluding tert-OH is 3. The fraction of sp³-hybridized carbons (Fsp3) is 0.444. The van der Waals surface area contributed by atoms with E-state index in [9.17, 15) is 29.5 Å². The molecule has 2 aliphatic rings. The second-order valence-corrected chi connectivity index (χ2v) is 8.50. The fourth-order valence-electron chi connectivity index (χ4n) is 3.08. The monoisotopic (exact) mass is 477 g/mol. The predicted octanol–water partition coefficient (Wildman–Crippen LogP) is -0.0124. The number of halogens is 1. The Kier molecular flexibility index (Phi) is 4.90. The number of ether oxygens (including phenoxy) is 1. The van der Waals surface area contributed by atoms with Crippen molar-refractivity contribution in [1.82, 2.24) is 9.55 Å². The number of fused-ring (bicyclic) bond motifs is 1. The van der Waals surface area contributed by atoms with Gasteiger partial charge < -0.3 is 24.6 Å². The van der Waals surface area contributed by atoms with Gasteiger partial charge in [-0.05, 0) is 12.5 Å². The van der Waals surface area contributed by atoms with Gasteiger partial charge >= 0.3 is 13.5 Å². The molecule has 0 spiro atoms. The van der Waals surface area contributed by atoms with Crippen LogP contribution in [0.15, 0.2) is 34.0 Å². The summed E-state index contributed by atoms with van der Waals surface area (Å²) in [6, 6.07) is 4.83. The molecule has 2 aliphatic heterocycles. The first-order chi connectivity index (χ1) is 16.2. The highest BCUT2D eigenvalue weighted by molar-refractivity contribution is 7.49. The second kappa shape index (κ2) is 8.19. The molecule has 32 heavy (non-hydrogen) atoms. The third-order valence-corrected chi connectivity index (χ3v) is 5.95. The molecular formula is C18H20FN2O10P. The summed E-state index contributed by atoms with van der Waals surface area (Å²) in [6.45, 7) is -3.57. The van der Waals surface area contributed by atoms with Crippen LogP contribution in [0.5, 0.6) is 5.75 Å². The molecule has 0 bridgehead atoms. The number of nitrogens with zero attached hydrogens (tertiary/aromatic N) is 1. The molecule has 0 radical (unpaired) electrons. The van der Waals surface area contributed by atoms with E-state index in [1.54, 1.807) is 30.1 Å². The average Bonchev–Trinajstić information content (AvgIpc) is 2.95. The highest BCUT2D eigenvalue weighted by Gasteiger charge is 2.57. The standard InChI is InChI=1S/C18H20FN2O10P/c1-9-3-2-4-10-7-28-32(27,31-13(9)10)29-8-18(19)14(24)12(23)16(30-18)21-5-11(6-22)15(25)20-17(21)26/h2-5,12,14,16,22-24H,6-8H2,1H3,(H,20,25,26)/t12-,14+,16-,18-,32?/m1/s1/i8D2,16D. The SMILES string of the molecule is [2H]C([2H])(OP1(=O)OCc2cccc(C)c2O1)[C@@]1(F)O[C@@]([2H])(n2cc(CO)c(=O)[nH]c2=O)[C@H](O)[C@@H]1O. The van der Waals surface area contributed by atoms with Crippen molar-refractivity contribution in [3.63, 3.8) is 0 Å². The maximum Gasteiger partial charge on any atom is 0.530 e. The van der Waals surface area contributed by atoms with Gasteiger partial charge in [0.1, 0.15) is 24.5 Å². The van der Waals surface area contributed by atoms with Gasteiger partial charge in [0, 0.05) is 11.8 Å². The quantitative estimate of drug-likeness (QED) is 0.430. The van der Waals surface area contributed by atoms with Crippen LogP contribution in [-0.4, -0.2) is 49.5 Å². The van der Waals surface area contributed by atoms with Crippen LogP contribution in [0, 0.1) is 6.92 Å². The Morgan fingerprint density at radius 2 is 2.22 bits per heavy atom. The lowest BCUT2D eigenvalue weighted by Gasteiger charge is -2.29. The highest BCUT2D eigenvalue weighted by atomic mass is 31.2. The number of aromatic amines is 1. The lowest BCUT2D eigenvalue weighted by Crippen LogP contribution is -2.43. The minimum atomic E-state index is -4.88. The summed E-state index contributed by atoms with van der Waals surface area (Å²) in [5, 5.41) is 30.0. The number of phosphoric acid groups is 1. The number of nitrogens with one attached hydrogen (secondary N) is 1. The van der Waals surface area contributed by atoms with E-state index >= 15 is 4.39 Å². The van der Waals surface area contributed by atoms with E-state index in [0.717, 1.165) is 0 Å². The molecule has 1 aromatic heterocycles. The van der Waals surface area contributed by atoms with Crippen LogP contribution >= 0.6 is 7.82 Å². The lowest BCUT2D eigenvalue weighted by atomic mass is 10.1. The zero-order valence-electron chi connectivity index (χ0n) is 19.4. The van der Waals surface area contributed by atoms with Crippen molar-refractivity contribution >= 4 is 7.82 Å². The average molecular weight is 477 g/mol. The van der Waals surface area contributed by atoms with Crippen molar-refractivity contribution in [2.45, 2.75) is 44.4 Å². The molecule has 174 valence electrons. The molecule has 4 rings (SSSR count). The minimum Gasteiger partial charge on any atom is -0.403 e. The van der Waals surface area contributed by atoms with E-state index in [1.165, 1.54) is 0 Å². The molecule has 0 aliphatic carbocycles. The Hall–Kier alpha value is -2.38. The second-order valence-electron chi connectivity index (χ2n) is 6.99. The van der Waals surface area contributed by atoms with E-state index in [2.05, 4.69) is 0 Å². The van der Waals surface area contributed by atoms with Crippen molar-refractivity contribution in [2.75, 3.05) is 6.56 Å². The summed E-state index contributed by atoms with van der Waals surface area (Å²) in [5.41, 5.74) is -2.00. The van der Waals surface area contributed by atoms with Crippen molar-refractivity contribution < 1.29 is 46.7 Å². The van der Waals surface area contributed by atoms with Crippen molar-refractivity contribution in [1.29, 1.82) is 0 Å². The Labute approximate surface area is 183 Å². The summed E-state index contributed by atoms with van der Waals surface area (Å²) in [6.07, 6.45) is -8.21. The van der Waals surface area contributed by atoms with Gasteiger partial charge in [-0.15, -0.1) is 0 Å². The van der Waals surface area contributed by atoms with E-state index < -0.39 is 62.1 Å². The van der Waals surface area contributed by atoms with Crippen LogP contribution in [0.1, 0.15) is 27.0 Å². The molecule has 2 aromatic rings. The number of H-pyrrole nitrogens is 1. The molecule has 0 saturated carbocycles. The number of benzene rings is 1. The van der Waals surface area contributed by atoms with Crippen molar-refractivity contribution in [2.24, 2.45) is 0 Å². The van der Waals surface area contributed by atoms with Crippen LogP contribution in [0.4, 0.5) is 4.39 Å². The molecule has 1 unspecified atom stereocenters. The van der Waals surface area contributed by atoms with Gasteiger partial charge in [-0.25, -0.2) is 13.8 Å². The number of hydrogen-bond donors (Lipinski definition) is 4. The molecule has 4 N–H and O–H groups in total. The number of hydrogen-bond acceptors (Lipinski definition) is 10. The minimum absolute atomic E-state index is 0.0462. The maximum absolute atomic E-state index is 15.9. The first-order valence-corrected chi connectivity index (χ1v) is 10.6. The predicted molar refractivity (Wildman–Crippen MR) is 103 cm³/mol. The van der Waals surface area contributed by atoms with Gasteiger partial charge in [-0.2, -0.15) is 0 Å². The molecule has 5 atom stereocenters. The number of aromatic nitrogens is 2. The van der Waals surface area contributed by atoms with Crippen LogP contribution in [0.3, 0.4) is 0 Å². The van der Waals surface area contributed by atoms with Gasteiger partial charge in [-0.1, -0.05) is 18.2 Å². The van der Waals surface area contributed by atoms with Gasteiger partial charge in [-0.3, -0.25) is 23.4 Å². The third kappa shape index (κ3) is 3.92. The first-order valence-electron chi connectivity index (χ1n) is 10.6. The molecule has 3 heterocycles. The summed E-state index contributed by atoms with van der Waals surface area (Å²) >= 11 is 0. The van der Waals surface area contributed by atoms with Gasteiger partial charge in [0.05, 0.1) is 22.9 Å². The number of rotatable bonds is 5. The molecule has 1 saturated heterocycles. The maximum atomic E-state index is 15.9. The number of phosphoric ester groups is 1. The molecule has 0 amide bonds. The molecule has 1 aromatic carbocycles. The number of aryl methyl sites for hydroxylation is 1. The van der Waals surface area contributed by atoms with E-state index in [0.29, 0.717) is 17.3 Å². The summed E-state index contributed by atoms with van der Waals surface area (Å²) in [4.78, 5) is 25.6. The largest absolute Gasteiger partial charge is 0.530 e. The topological polar surface area (TPSA) is 170 Å². The van der Waals surface area contributed by atoms with Gasteiger partial charge in [0.15, 0.2) is 6.20 Å². The Morgan fingerprint density at radius 3 is 2.94 bits per heavy atom. The summed E-state index contributed by atoms with van der Waals surface area (Å²) in [5.74, 6) is -4.07. The smallest absolute Gasteiger partial charge is 0.403 e. The van der Waals surface area contributed by atoms with Crippen molar-refractivity contribution in [3.8, 4) is 5.75 Å². The highest BCUT2D eigenvalue weighted by Crippen LogP contribution is 2.56. The van der Waals surface area contributed by atoms with Gasteiger partial charge in [0.2, 0.25) is 0 Å². The number of para-hydroxylation sites is 1. The van der Waals surface area contributed by atoms with Crippen LogP contribution in [0.2, 0.25) is 0 Å². The summed E-state index contributed by atoms with van der Waals surface area (Å²) < 4.78 is 73.0. The van der Waals surface area contributed by atoms with Crippen LogP contribution in [0.25, 0.3) is 0 Å². The normalized spacial score (nSPS) is 36.0. The first kappa shape index (κ1) is 19.1. The number of alkyl halides is 1. The molecule has 1 fully saturated rings. The zero-order chi connectivity index (χ0) is 26.0.